The SMILES string of the molecule is C=C=c1c(C)c(O)[nH]c1=Cc1[nH]c(Cc2[nH]c(C=c3[nH]c(O)c(C)c3=CCC(=O)O)c(CCC(=O)O)c2C)c(C)c1C=C. The molecule has 0 unspecified atom stereocenters. The highest BCUT2D eigenvalue weighted by molar-refractivity contribution is 5.73. The predicted octanol–water partition coefficient (Wildman–Crippen LogP) is 2.37. The first-order chi connectivity index (χ1) is 20.4. The average molecular weight is 585 g/mol. The van der Waals surface area contributed by atoms with Crippen LogP contribution in [0.4, 0.5) is 0 Å². The molecule has 8 N–H and O–H groups in total. The van der Waals surface area contributed by atoms with Crippen LogP contribution in [0, 0.1) is 27.7 Å². The molecule has 0 fully saturated rings. The number of aromatic hydroxyl groups is 2. The predicted molar refractivity (Wildman–Crippen MR) is 166 cm³/mol. The van der Waals surface area contributed by atoms with Crippen LogP contribution in [0.5, 0.6) is 11.8 Å². The second-order valence-corrected chi connectivity index (χ2v) is 10.5. The molecule has 0 aromatic carbocycles. The summed E-state index contributed by atoms with van der Waals surface area (Å²) in [6, 6.07) is 0. The Morgan fingerprint density at radius 3 is 2.05 bits per heavy atom. The Morgan fingerprint density at radius 1 is 0.814 bits per heavy atom. The van der Waals surface area contributed by atoms with Crippen molar-refractivity contribution in [1.82, 2.24) is 19.9 Å². The number of aliphatic carboxylic acids is 2. The molecule has 0 aliphatic rings. The molecule has 0 spiro atoms. The summed E-state index contributed by atoms with van der Waals surface area (Å²) in [7, 11) is 0. The van der Waals surface area contributed by atoms with E-state index >= 15 is 0 Å². The Hall–Kier alpha value is -5.34. The van der Waals surface area contributed by atoms with Gasteiger partial charge in [0.15, 0.2) is 11.8 Å². The fourth-order valence-corrected chi connectivity index (χ4v) is 5.40. The van der Waals surface area contributed by atoms with Crippen LogP contribution < -0.4 is 21.1 Å². The summed E-state index contributed by atoms with van der Waals surface area (Å²) >= 11 is 0. The summed E-state index contributed by atoms with van der Waals surface area (Å²) in [6.07, 6.45) is 7.42. The van der Waals surface area contributed by atoms with Crippen molar-refractivity contribution in [2.45, 2.75) is 53.4 Å². The van der Waals surface area contributed by atoms with Gasteiger partial charge >= 0.3 is 11.9 Å². The molecular weight excluding hydrogens is 548 g/mol. The van der Waals surface area contributed by atoms with E-state index in [1.807, 2.05) is 19.9 Å². The summed E-state index contributed by atoms with van der Waals surface area (Å²) in [5.74, 6) is -1.93. The van der Waals surface area contributed by atoms with Crippen molar-refractivity contribution in [3.05, 3.63) is 90.4 Å². The molecule has 0 atom stereocenters. The van der Waals surface area contributed by atoms with Crippen molar-refractivity contribution >= 4 is 42.0 Å². The van der Waals surface area contributed by atoms with Crippen LogP contribution in [-0.4, -0.2) is 52.3 Å². The van der Waals surface area contributed by atoms with Crippen molar-refractivity contribution in [1.29, 1.82) is 0 Å². The minimum Gasteiger partial charge on any atom is -0.494 e. The molecule has 10 nitrogen and oxygen atoms in total. The third-order valence-corrected chi connectivity index (χ3v) is 7.88. The highest BCUT2D eigenvalue weighted by Gasteiger charge is 2.18. The Bertz CT molecular complexity index is 2030. The third kappa shape index (κ3) is 6.14. The lowest BCUT2D eigenvalue weighted by atomic mass is 10.0. The zero-order valence-corrected chi connectivity index (χ0v) is 24.7. The van der Waals surface area contributed by atoms with Crippen LogP contribution >= 0.6 is 0 Å². The van der Waals surface area contributed by atoms with E-state index in [-0.39, 0.29) is 31.0 Å². The van der Waals surface area contributed by atoms with Crippen LogP contribution in [0.15, 0.2) is 13.2 Å². The van der Waals surface area contributed by atoms with Crippen molar-refractivity contribution < 1.29 is 30.0 Å². The van der Waals surface area contributed by atoms with Gasteiger partial charge in [0.25, 0.3) is 0 Å². The van der Waals surface area contributed by atoms with Gasteiger partial charge in [0.1, 0.15) is 0 Å². The van der Waals surface area contributed by atoms with Gasteiger partial charge in [-0.3, -0.25) is 9.59 Å². The molecule has 4 aromatic heterocycles. The Morgan fingerprint density at radius 2 is 1.42 bits per heavy atom. The largest absolute Gasteiger partial charge is 0.494 e. The Balaban J connectivity index is 1.85. The number of aromatic amines is 4. The number of hydrogen-bond donors (Lipinski definition) is 8. The van der Waals surface area contributed by atoms with E-state index in [9.17, 15) is 30.0 Å². The molecule has 4 rings (SSSR count). The number of rotatable bonds is 10. The fourth-order valence-electron chi connectivity index (χ4n) is 5.40. The number of carboxylic acid groups (broad SMARTS) is 2. The van der Waals surface area contributed by atoms with Gasteiger partial charge in [-0.15, -0.1) is 5.73 Å². The molecule has 0 saturated carbocycles. The van der Waals surface area contributed by atoms with Gasteiger partial charge in [-0.25, -0.2) is 0 Å². The van der Waals surface area contributed by atoms with Crippen LogP contribution in [0.1, 0.15) is 69.0 Å². The van der Waals surface area contributed by atoms with Crippen molar-refractivity contribution in [2.24, 2.45) is 0 Å². The van der Waals surface area contributed by atoms with E-state index in [1.54, 1.807) is 26.0 Å². The highest BCUT2D eigenvalue weighted by atomic mass is 16.4. The first-order valence-electron chi connectivity index (χ1n) is 13.7. The number of aromatic nitrogens is 4. The molecule has 0 aliphatic carbocycles. The molecular formula is C33H36N4O6. The van der Waals surface area contributed by atoms with Gasteiger partial charge in [0.05, 0.1) is 17.1 Å². The maximum Gasteiger partial charge on any atom is 0.307 e. The number of H-pyrrole nitrogens is 4. The summed E-state index contributed by atoms with van der Waals surface area (Å²) in [6.45, 7) is 15.1. The normalized spacial score (nSPS) is 12.7. The van der Waals surface area contributed by atoms with E-state index in [2.05, 4.69) is 38.8 Å². The summed E-state index contributed by atoms with van der Waals surface area (Å²) in [4.78, 5) is 35.5. The second kappa shape index (κ2) is 12.3. The Kier molecular flexibility index (Phi) is 8.73. The van der Waals surface area contributed by atoms with Crippen LogP contribution in [-0.2, 0) is 22.4 Å². The maximum absolute atomic E-state index is 11.5. The molecule has 0 saturated heterocycles. The molecule has 0 radical (unpaired) electrons. The van der Waals surface area contributed by atoms with E-state index in [1.165, 1.54) is 6.08 Å². The van der Waals surface area contributed by atoms with Crippen molar-refractivity contribution in [3.8, 4) is 11.8 Å². The second-order valence-electron chi connectivity index (χ2n) is 10.5. The molecule has 43 heavy (non-hydrogen) atoms. The minimum atomic E-state index is -0.995. The van der Waals surface area contributed by atoms with Gasteiger partial charge in [0, 0.05) is 62.7 Å². The molecule has 10 heteroatoms. The third-order valence-electron chi connectivity index (χ3n) is 7.88. The van der Waals surface area contributed by atoms with Gasteiger partial charge in [-0.05, 0) is 63.0 Å². The van der Waals surface area contributed by atoms with Gasteiger partial charge in [-0.2, -0.15) is 0 Å². The average Bonchev–Trinajstić information content (AvgIpc) is 3.59. The first kappa shape index (κ1) is 30.6. The highest BCUT2D eigenvalue weighted by Crippen LogP contribution is 2.27. The summed E-state index contributed by atoms with van der Waals surface area (Å²) in [5, 5.41) is 41.5. The molecule has 224 valence electrons. The smallest absolute Gasteiger partial charge is 0.307 e. The van der Waals surface area contributed by atoms with Crippen molar-refractivity contribution in [3.63, 3.8) is 0 Å². The lowest BCUT2D eigenvalue weighted by molar-refractivity contribution is -0.137. The zero-order chi connectivity index (χ0) is 31.6. The lowest BCUT2D eigenvalue weighted by Crippen LogP contribution is -2.25. The monoisotopic (exact) mass is 584 g/mol. The number of carboxylic acids is 2. The zero-order valence-electron chi connectivity index (χ0n) is 24.7. The molecule has 4 heterocycles. The number of carbonyl (C=O) groups is 2. The molecule has 0 bridgehead atoms. The molecule has 0 aliphatic heterocycles. The number of nitrogens with one attached hydrogen (secondary N) is 4. The first-order valence-corrected chi connectivity index (χ1v) is 13.7. The summed E-state index contributed by atoms with van der Waals surface area (Å²) in [5.41, 5.74) is 10.9. The van der Waals surface area contributed by atoms with Gasteiger partial charge in [0.2, 0.25) is 0 Å². The van der Waals surface area contributed by atoms with Gasteiger partial charge < -0.3 is 40.4 Å². The fraction of sp³-hybridized carbons (Fsp3) is 0.242. The van der Waals surface area contributed by atoms with E-state index in [0.29, 0.717) is 44.4 Å². The van der Waals surface area contributed by atoms with Gasteiger partial charge in [-0.1, -0.05) is 25.3 Å². The van der Waals surface area contributed by atoms with E-state index < -0.39 is 11.9 Å². The number of hydrogen-bond acceptors (Lipinski definition) is 4. The lowest BCUT2D eigenvalue weighted by Gasteiger charge is -2.03. The van der Waals surface area contributed by atoms with E-state index in [0.717, 1.165) is 39.3 Å². The van der Waals surface area contributed by atoms with Crippen molar-refractivity contribution in [2.75, 3.05) is 0 Å². The van der Waals surface area contributed by atoms with Crippen LogP contribution in [0.25, 0.3) is 30.0 Å². The van der Waals surface area contributed by atoms with Crippen LogP contribution in [0.3, 0.4) is 0 Å². The quantitative estimate of drug-likeness (QED) is 0.142. The topological polar surface area (TPSA) is 178 Å². The van der Waals surface area contributed by atoms with E-state index in [4.69, 9.17) is 0 Å². The molecule has 0 amide bonds. The summed E-state index contributed by atoms with van der Waals surface area (Å²) < 4.78 is 0. The minimum absolute atomic E-state index is 0.0510. The maximum atomic E-state index is 11.5. The molecule has 4 aromatic rings. The van der Waals surface area contributed by atoms with Crippen LogP contribution in [0.2, 0.25) is 0 Å². The Labute approximate surface area is 247 Å². The standard InChI is InChI=1S/C33H36N4O6/c1-7-20-16(3)24(34-26(20)14-27-21(8-2)18(5)32(42)36-27)13-25-17(4)22(9-11-30(38)39)28(35-25)15-29-23(10-12-31(40)41)19(6)33(43)37-29/h7,10,14-15,34-37,42-43H,1-2,9,11-13H2,3-6H3,(H,38,39)(H,40,41).